The molecule has 0 N–H and O–H groups in total. The number of fused-ring (bicyclic) bond motifs is 2. The van der Waals surface area contributed by atoms with Crippen molar-refractivity contribution in [3.8, 4) is 11.5 Å². The minimum Gasteiger partial charge on any atom is -0.482 e. The van der Waals surface area contributed by atoms with E-state index in [2.05, 4.69) is 0 Å². The smallest absolute Gasteiger partial charge is 0.268 e. The van der Waals surface area contributed by atoms with Crippen molar-refractivity contribution in [2.24, 2.45) is 0 Å². The number of nitrogens with zero attached hydrogens (tertiary/aromatic N) is 2. The van der Waals surface area contributed by atoms with Crippen LogP contribution in [0, 0.1) is 6.92 Å². The molecule has 0 aromatic heterocycles. The first-order chi connectivity index (χ1) is 13.3. The van der Waals surface area contributed by atoms with E-state index in [9.17, 15) is 14.4 Å². The number of anilines is 2. The fraction of sp³-hybridized carbons (Fsp3) is 0.286. The fourth-order valence-electron chi connectivity index (χ4n) is 3.36. The number of ketones is 1. The number of hydrogen-bond acceptors (Lipinski definition) is 5. The summed E-state index contributed by atoms with van der Waals surface area (Å²) in [4.78, 5) is 40.4. The number of amides is 2. The topological polar surface area (TPSA) is 76.2 Å². The minimum atomic E-state index is -0.663. The number of ether oxygens (including phenoxy) is 2. The summed E-state index contributed by atoms with van der Waals surface area (Å²) in [5, 5.41) is 0. The van der Waals surface area contributed by atoms with E-state index in [1.54, 1.807) is 32.2 Å². The highest BCUT2D eigenvalue weighted by molar-refractivity contribution is 6.09. The van der Waals surface area contributed by atoms with E-state index in [0.29, 0.717) is 28.4 Å². The van der Waals surface area contributed by atoms with E-state index in [1.807, 2.05) is 25.1 Å². The van der Waals surface area contributed by atoms with Crippen LogP contribution < -0.4 is 19.3 Å². The largest absolute Gasteiger partial charge is 0.482 e. The van der Waals surface area contributed by atoms with Gasteiger partial charge in [0.25, 0.3) is 11.8 Å². The van der Waals surface area contributed by atoms with Crippen molar-refractivity contribution in [2.45, 2.75) is 20.0 Å². The van der Waals surface area contributed by atoms with Crippen LogP contribution in [0.4, 0.5) is 11.4 Å². The molecule has 0 saturated carbocycles. The van der Waals surface area contributed by atoms with Crippen LogP contribution in [0.5, 0.6) is 11.5 Å². The zero-order valence-corrected chi connectivity index (χ0v) is 15.9. The van der Waals surface area contributed by atoms with Crippen LogP contribution in [0.2, 0.25) is 0 Å². The predicted molar refractivity (Wildman–Crippen MR) is 103 cm³/mol. The number of rotatable bonds is 3. The van der Waals surface area contributed by atoms with Gasteiger partial charge in [0.05, 0.1) is 17.9 Å². The lowest BCUT2D eigenvalue weighted by atomic mass is 10.1. The van der Waals surface area contributed by atoms with Crippen molar-refractivity contribution >= 4 is 29.0 Å². The van der Waals surface area contributed by atoms with E-state index in [1.165, 1.54) is 9.80 Å². The second-order valence-corrected chi connectivity index (χ2v) is 7.00. The van der Waals surface area contributed by atoms with Gasteiger partial charge in [-0.25, -0.2) is 0 Å². The lowest BCUT2D eigenvalue weighted by Crippen LogP contribution is -2.46. The third-order valence-corrected chi connectivity index (χ3v) is 4.99. The first kappa shape index (κ1) is 18.0. The molecule has 0 radical (unpaired) electrons. The van der Waals surface area contributed by atoms with Crippen molar-refractivity contribution < 1.29 is 23.9 Å². The molecule has 7 heteroatoms. The molecule has 0 fully saturated rings. The summed E-state index contributed by atoms with van der Waals surface area (Å²) < 4.78 is 11.1. The summed E-state index contributed by atoms with van der Waals surface area (Å²) in [6.07, 6.45) is -0.663. The standard InChI is InChI=1S/C21H20N2O5/c1-12-4-6-19-16(8-12)23(21(26)13(2)28-19)10-17(24)14-5-7-18-15(9-14)22(3)20(25)11-27-18/h4-9,13H,10-11H2,1-3H3/t13-/m1/s1. The maximum atomic E-state index is 13.0. The third-order valence-electron chi connectivity index (χ3n) is 4.99. The summed E-state index contributed by atoms with van der Waals surface area (Å²) >= 11 is 0. The molecule has 28 heavy (non-hydrogen) atoms. The maximum Gasteiger partial charge on any atom is 0.268 e. The van der Waals surface area contributed by atoms with Gasteiger partial charge in [0, 0.05) is 12.6 Å². The highest BCUT2D eigenvalue weighted by Crippen LogP contribution is 2.36. The monoisotopic (exact) mass is 380 g/mol. The third kappa shape index (κ3) is 2.98. The molecule has 0 bridgehead atoms. The van der Waals surface area contributed by atoms with Gasteiger partial charge in [0.2, 0.25) is 0 Å². The Morgan fingerprint density at radius 2 is 1.86 bits per heavy atom. The van der Waals surface area contributed by atoms with Gasteiger partial charge < -0.3 is 14.4 Å². The highest BCUT2D eigenvalue weighted by atomic mass is 16.5. The van der Waals surface area contributed by atoms with Crippen LogP contribution in [-0.2, 0) is 9.59 Å². The van der Waals surface area contributed by atoms with Gasteiger partial charge in [0.15, 0.2) is 18.5 Å². The van der Waals surface area contributed by atoms with Crippen molar-refractivity contribution in [3.05, 3.63) is 47.5 Å². The molecular weight excluding hydrogens is 360 g/mol. The molecule has 2 aromatic carbocycles. The Kier molecular flexibility index (Phi) is 4.30. The number of carbonyl (C=O) groups is 3. The molecule has 2 aliphatic rings. The molecule has 0 saturated heterocycles. The zero-order valence-electron chi connectivity index (χ0n) is 15.9. The second kappa shape index (κ2) is 6.67. The summed E-state index contributed by atoms with van der Waals surface area (Å²) in [6.45, 7) is 3.45. The Balaban J connectivity index is 1.65. The van der Waals surface area contributed by atoms with E-state index in [-0.39, 0.29) is 30.7 Å². The molecule has 0 unspecified atom stereocenters. The van der Waals surface area contributed by atoms with E-state index in [0.717, 1.165) is 5.56 Å². The number of carbonyl (C=O) groups excluding carboxylic acids is 3. The Hall–Kier alpha value is -3.35. The van der Waals surface area contributed by atoms with Crippen LogP contribution in [0.25, 0.3) is 0 Å². The van der Waals surface area contributed by atoms with Crippen LogP contribution >= 0.6 is 0 Å². The highest BCUT2D eigenvalue weighted by Gasteiger charge is 2.33. The molecule has 1 atom stereocenters. The molecule has 0 spiro atoms. The van der Waals surface area contributed by atoms with Gasteiger partial charge >= 0.3 is 0 Å². The number of hydrogen-bond donors (Lipinski definition) is 0. The number of Topliss-reactive ketones (excluding diaryl/α,β-unsaturated/α-hetero) is 1. The Morgan fingerprint density at radius 3 is 2.64 bits per heavy atom. The molecule has 2 amide bonds. The molecule has 7 nitrogen and oxygen atoms in total. The first-order valence-electron chi connectivity index (χ1n) is 9.00. The minimum absolute atomic E-state index is 0.0207. The van der Waals surface area contributed by atoms with Gasteiger partial charge in [-0.2, -0.15) is 0 Å². The molecule has 0 aliphatic carbocycles. The molecule has 144 valence electrons. The summed E-state index contributed by atoms with van der Waals surface area (Å²) in [7, 11) is 1.64. The molecule has 2 aromatic rings. The summed E-state index contributed by atoms with van der Waals surface area (Å²) in [5.41, 5.74) is 2.50. The van der Waals surface area contributed by atoms with Gasteiger partial charge in [-0.3, -0.25) is 19.3 Å². The van der Waals surface area contributed by atoms with E-state index >= 15 is 0 Å². The molecule has 2 heterocycles. The SMILES string of the molecule is Cc1ccc2c(c1)N(CC(=O)c1ccc3c(c1)N(C)C(=O)CO3)C(=O)[C@@H](C)O2. The van der Waals surface area contributed by atoms with Crippen LogP contribution in [0.1, 0.15) is 22.8 Å². The number of aryl methyl sites for hydroxylation is 1. The van der Waals surface area contributed by atoms with Crippen LogP contribution in [0.15, 0.2) is 36.4 Å². The summed E-state index contributed by atoms with van der Waals surface area (Å²) in [5.74, 6) is 0.452. The predicted octanol–water partition coefficient (Wildman–Crippen LogP) is 2.35. The second-order valence-electron chi connectivity index (χ2n) is 7.00. The Labute approximate surface area is 162 Å². The first-order valence-corrected chi connectivity index (χ1v) is 9.00. The zero-order chi connectivity index (χ0) is 20.0. The molecular formula is C21H20N2O5. The fourth-order valence-corrected chi connectivity index (χ4v) is 3.36. The van der Waals surface area contributed by atoms with Gasteiger partial charge in [0.1, 0.15) is 11.5 Å². The normalized spacial score (nSPS) is 18.2. The average molecular weight is 380 g/mol. The van der Waals surface area contributed by atoms with Gasteiger partial charge in [-0.05, 0) is 49.7 Å². The summed E-state index contributed by atoms with van der Waals surface area (Å²) in [6, 6.07) is 10.5. The van der Waals surface area contributed by atoms with Crippen molar-refractivity contribution in [1.82, 2.24) is 0 Å². The van der Waals surface area contributed by atoms with Crippen LogP contribution in [-0.4, -0.2) is 43.9 Å². The lowest BCUT2D eigenvalue weighted by Gasteiger charge is -2.33. The molecule has 4 rings (SSSR count). The molecule has 2 aliphatic heterocycles. The van der Waals surface area contributed by atoms with E-state index in [4.69, 9.17) is 9.47 Å². The number of benzene rings is 2. The lowest BCUT2D eigenvalue weighted by molar-refractivity contribution is -0.125. The Morgan fingerprint density at radius 1 is 1.11 bits per heavy atom. The van der Waals surface area contributed by atoms with Crippen molar-refractivity contribution in [1.29, 1.82) is 0 Å². The number of likely N-dealkylation sites (N-methyl/N-ethyl adjacent to an activating group) is 1. The average Bonchev–Trinajstić information content (AvgIpc) is 2.68. The van der Waals surface area contributed by atoms with Gasteiger partial charge in [-0.1, -0.05) is 6.07 Å². The van der Waals surface area contributed by atoms with Crippen LogP contribution in [0.3, 0.4) is 0 Å². The quantitative estimate of drug-likeness (QED) is 0.764. The Bertz CT molecular complexity index is 1000. The van der Waals surface area contributed by atoms with Gasteiger partial charge in [-0.15, -0.1) is 0 Å². The van der Waals surface area contributed by atoms with Crippen molar-refractivity contribution in [3.63, 3.8) is 0 Å². The van der Waals surface area contributed by atoms with E-state index < -0.39 is 6.10 Å². The van der Waals surface area contributed by atoms with Crippen molar-refractivity contribution in [2.75, 3.05) is 30.0 Å². The maximum absolute atomic E-state index is 13.0.